The van der Waals surface area contributed by atoms with E-state index in [4.69, 9.17) is 13.3 Å². The van der Waals surface area contributed by atoms with Gasteiger partial charge in [-0.3, -0.25) is 0 Å². The Morgan fingerprint density at radius 3 is 1.85 bits per heavy atom. The van der Waals surface area contributed by atoms with Gasteiger partial charge in [-0.2, -0.15) is 0 Å². The van der Waals surface area contributed by atoms with Crippen LogP contribution in [0.5, 0.6) is 0 Å². The minimum Gasteiger partial charge on any atom is -0.374 e. The van der Waals surface area contributed by atoms with E-state index in [1.165, 1.54) is 19.3 Å². The van der Waals surface area contributed by atoms with Crippen LogP contribution >= 0.6 is 0 Å². The van der Waals surface area contributed by atoms with Crippen LogP contribution in [-0.2, 0) is 13.3 Å². The first-order valence-electron chi connectivity index (χ1n) is 8.42. The van der Waals surface area contributed by atoms with Gasteiger partial charge in [-0.1, -0.05) is 27.2 Å². The van der Waals surface area contributed by atoms with Crippen LogP contribution in [0.4, 0.5) is 0 Å². The first kappa shape index (κ1) is 18.1. The van der Waals surface area contributed by atoms with Crippen molar-refractivity contribution in [2.24, 2.45) is 17.8 Å². The van der Waals surface area contributed by atoms with Crippen molar-refractivity contribution in [3.63, 3.8) is 0 Å². The van der Waals surface area contributed by atoms with Crippen LogP contribution < -0.4 is 0 Å². The van der Waals surface area contributed by atoms with Crippen molar-refractivity contribution >= 4 is 8.80 Å². The molecule has 1 fully saturated rings. The van der Waals surface area contributed by atoms with E-state index in [-0.39, 0.29) is 0 Å². The fourth-order valence-corrected chi connectivity index (χ4v) is 7.52. The molecular weight excluding hydrogens is 268 g/mol. The molecule has 0 bridgehead atoms. The van der Waals surface area contributed by atoms with Gasteiger partial charge in [-0.15, -0.1) is 0 Å². The third-order valence-corrected chi connectivity index (χ3v) is 8.16. The van der Waals surface area contributed by atoms with E-state index in [1.54, 1.807) is 0 Å². The SMILES string of the molecule is CCO[Si](OCC)(OCC)C1CC(C)CCC1C(C)C. The Labute approximate surface area is 126 Å². The predicted octanol–water partition coefficient (Wildman–Crippen LogP) is 4.50. The molecule has 120 valence electrons. The zero-order valence-corrected chi connectivity index (χ0v) is 15.3. The summed E-state index contributed by atoms with van der Waals surface area (Å²) in [5.41, 5.74) is 0.464. The van der Waals surface area contributed by atoms with Gasteiger partial charge in [-0.25, -0.2) is 0 Å². The molecule has 0 aliphatic heterocycles. The van der Waals surface area contributed by atoms with Crippen molar-refractivity contribution in [1.82, 2.24) is 0 Å². The molecule has 0 radical (unpaired) electrons. The number of hydrogen-bond acceptors (Lipinski definition) is 3. The van der Waals surface area contributed by atoms with Crippen molar-refractivity contribution in [1.29, 1.82) is 0 Å². The molecule has 3 nitrogen and oxygen atoms in total. The molecule has 1 saturated carbocycles. The fraction of sp³-hybridized carbons (Fsp3) is 1.00. The molecule has 20 heavy (non-hydrogen) atoms. The monoisotopic (exact) mass is 302 g/mol. The Morgan fingerprint density at radius 1 is 0.950 bits per heavy atom. The lowest BCUT2D eigenvalue weighted by atomic mass is 9.77. The molecule has 0 saturated heterocycles. The highest BCUT2D eigenvalue weighted by Gasteiger charge is 2.54. The largest absolute Gasteiger partial charge is 0.504 e. The summed E-state index contributed by atoms with van der Waals surface area (Å²) in [6.45, 7) is 15.2. The molecule has 1 aliphatic carbocycles. The van der Waals surface area contributed by atoms with Gasteiger partial charge in [0.05, 0.1) is 0 Å². The summed E-state index contributed by atoms with van der Waals surface area (Å²) in [4.78, 5) is 0. The highest BCUT2D eigenvalue weighted by molar-refractivity contribution is 6.62. The van der Waals surface area contributed by atoms with E-state index in [9.17, 15) is 0 Å². The van der Waals surface area contributed by atoms with Crippen LogP contribution in [0.25, 0.3) is 0 Å². The van der Waals surface area contributed by atoms with Gasteiger partial charge in [0, 0.05) is 25.4 Å². The highest BCUT2D eigenvalue weighted by Crippen LogP contribution is 2.48. The summed E-state index contributed by atoms with van der Waals surface area (Å²) in [5, 5.41) is 0. The minimum atomic E-state index is -2.56. The molecular formula is C16H34O3Si. The summed E-state index contributed by atoms with van der Waals surface area (Å²) in [6.07, 6.45) is 3.80. The Bertz CT molecular complexity index is 253. The van der Waals surface area contributed by atoms with Crippen molar-refractivity contribution in [2.75, 3.05) is 19.8 Å². The van der Waals surface area contributed by atoms with E-state index in [0.29, 0.717) is 37.2 Å². The van der Waals surface area contributed by atoms with Gasteiger partial charge < -0.3 is 13.3 Å². The van der Waals surface area contributed by atoms with Gasteiger partial charge in [0.2, 0.25) is 0 Å². The number of rotatable bonds is 8. The Hall–Kier alpha value is 0.0969. The third kappa shape index (κ3) is 4.29. The van der Waals surface area contributed by atoms with Crippen molar-refractivity contribution in [3.05, 3.63) is 0 Å². The maximum Gasteiger partial charge on any atom is 0.504 e. The van der Waals surface area contributed by atoms with Crippen LogP contribution in [0.15, 0.2) is 0 Å². The molecule has 0 spiro atoms. The Morgan fingerprint density at radius 2 is 1.45 bits per heavy atom. The first-order chi connectivity index (χ1) is 9.50. The molecule has 4 heteroatoms. The van der Waals surface area contributed by atoms with Gasteiger partial charge in [0.25, 0.3) is 0 Å². The third-order valence-electron chi connectivity index (χ3n) is 4.51. The average Bonchev–Trinajstić information content (AvgIpc) is 2.39. The maximum atomic E-state index is 6.17. The maximum absolute atomic E-state index is 6.17. The zero-order valence-electron chi connectivity index (χ0n) is 14.3. The second-order valence-corrected chi connectivity index (χ2v) is 9.15. The minimum absolute atomic E-state index is 0.464. The molecule has 3 unspecified atom stereocenters. The Kier molecular flexibility index (Phi) is 7.73. The summed E-state index contributed by atoms with van der Waals surface area (Å²) in [7, 11) is -2.56. The predicted molar refractivity (Wildman–Crippen MR) is 85.7 cm³/mol. The lowest BCUT2D eigenvalue weighted by Gasteiger charge is -2.44. The summed E-state index contributed by atoms with van der Waals surface area (Å²) >= 11 is 0. The van der Waals surface area contributed by atoms with Crippen molar-refractivity contribution in [3.8, 4) is 0 Å². The molecule has 0 aromatic carbocycles. The summed E-state index contributed by atoms with van der Waals surface area (Å²) < 4.78 is 18.5. The smallest absolute Gasteiger partial charge is 0.374 e. The van der Waals surface area contributed by atoms with E-state index in [2.05, 4.69) is 41.5 Å². The summed E-state index contributed by atoms with van der Waals surface area (Å²) in [6, 6.07) is 0. The second-order valence-electron chi connectivity index (χ2n) is 6.34. The molecule has 0 aromatic heterocycles. The Balaban J connectivity index is 3.04. The van der Waals surface area contributed by atoms with Crippen molar-refractivity contribution in [2.45, 2.75) is 66.3 Å². The van der Waals surface area contributed by atoms with E-state index >= 15 is 0 Å². The van der Waals surface area contributed by atoms with Gasteiger partial charge in [0.1, 0.15) is 0 Å². The quantitative estimate of drug-likeness (QED) is 0.618. The normalized spacial score (nSPS) is 28.1. The van der Waals surface area contributed by atoms with E-state index < -0.39 is 8.80 Å². The molecule has 0 N–H and O–H groups in total. The average molecular weight is 303 g/mol. The molecule has 1 aliphatic rings. The van der Waals surface area contributed by atoms with Crippen molar-refractivity contribution < 1.29 is 13.3 Å². The topological polar surface area (TPSA) is 27.7 Å². The molecule has 3 atom stereocenters. The standard InChI is InChI=1S/C16H34O3Si/c1-7-17-20(18-8-2,19-9-3)16-12-14(6)10-11-15(16)13(4)5/h13-16H,7-12H2,1-6H3. The van der Waals surface area contributed by atoms with Gasteiger partial charge >= 0.3 is 8.80 Å². The second kappa shape index (κ2) is 8.52. The lowest BCUT2D eigenvalue weighted by Crippen LogP contribution is -2.54. The lowest BCUT2D eigenvalue weighted by molar-refractivity contribution is 0.0377. The molecule has 0 aromatic rings. The van der Waals surface area contributed by atoms with Crippen LogP contribution in [0.2, 0.25) is 5.54 Å². The zero-order chi connectivity index (χ0) is 15.2. The molecule has 0 amide bonds. The van der Waals surface area contributed by atoms with Gasteiger partial charge in [-0.05, 0) is 51.4 Å². The first-order valence-corrected chi connectivity index (χ1v) is 10.2. The summed E-state index contributed by atoms with van der Waals surface area (Å²) in [5.74, 6) is 2.09. The van der Waals surface area contributed by atoms with E-state index in [1.807, 2.05) is 0 Å². The fourth-order valence-electron chi connectivity index (χ4n) is 3.66. The molecule has 1 rings (SSSR count). The van der Waals surface area contributed by atoms with E-state index in [0.717, 1.165) is 5.92 Å². The molecule has 0 heterocycles. The van der Waals surface area contributed by atoms with Gasteiger partial charge in [0.15, 0.2) is 0 Å². The number of hydrogen-bond donors (Lipinski definition) is 0. The van der Waals surface area contributed by atoms with Crippen LogP contribution in [-0.4, -0.2) is 28.6 Å². The van der Waals surface area contributed by atoms with Crippen LogP contribution in [0.3, 0.4) is 0 Å². The van der Waals surface area contributed by atoms with Crippen LogP contribution in [0, 0.1) is 17.8 Å². The highest BCUT2D eigenvalue weighted by atomic mass is 28.4. The van der Waals surface area contributed by atoms with Crippen LogP contribution in [0.1, 0.15) is 60.8 Å².